The van der Waals surface area contributed by atoms with Crippen molar-refractivity contribution in [3.05, 3.63) is 35.4 Å². The Labute approximate surface area is 116 Å². The van der Waals surface area contributed by atoms with Crippen molar-refractivity contribution in [3.63, 3.8) is 0 Å². The van der Waals surface area contributed by atoms with E-state index in [1.807, 2.05) is 19.1 Å². The lowest BCUT2D eigenvalue weighted by atomic mass is 10.0. The monoisotopic (exact) mass is 262 g/mol. The van der Waals surface area contributed by atoms with E-state index in [4.69, 9.17) is 5.73 Å². The highest BCUT2D eigenvalue weighted by atomic mass is 16.1. The highest BCUT2D eigenvalue weighted by molar-refractivity contribution is 5.78. The summed E-state index contributed by atoms with van der Waals surface area (Å²) >= 11 is 0. The van der Waals surface area contributed by atoms with Crippen LogP contribution in [0, 0.1) is 11.8 Å². The van der Waals surface area contributed by atoms with Gasteiger partial charge in [0.25, 0.3) is 0 Å². The summed E-state index contributed by atoms with van der Waals surface area (Å²) in [4.78, 5) is 11.7. The Hall–Kier alpha value is -1.35. The van der Waals surface area contributed by atoms with E-state index in [2.05, 4.69) is 31.3 Å². The lowest BCUT2D eigenvalue weighted by Crippen LogP contribution is -2.32. The molecule has 0 radical (unpaired) electrons. The van der Waals surface area contributed by atoms with Gasteiger partial charge in [0, 0.05) is 6.54 Å². The SMILES string of the molecule is CC(C)Cc1ccc(CC(=O)NCC(C)CN)cc1. The lowest BCUT2D eigenvalue weighted by molar-refractivity contribution is -0.120. The number of amides is 1. The first-order valence-corrected chi connectivity index (χ1v) is 7.05. The first-order chi connectivity index (χ1) is 9.01. The zero-order valence-corrected chi connectivity index (χ0v) is 12.3. The molecule has 0 aliphatic rings. The van der Waals surface area contributed by atoms with E-state index < -0.39 is 0 Å². The van der Waals surface area contributed by atoms with Gasteiger partial charge in [-0.05, 0) is 35.9 Å². The molecule has 0 fully saturated rings. The number of carbonyl (C=O) groups excluding carboxylic acids is 1. The Morgan fingerprint density at radius 2 is 1.74 bits per heavy atom. The standard InChI is InChI=1S/C16H26N2O/c1-12(2)8-14-4-6-15(7-5-14)9-16(19)18-11-13(3)10-17/h4-7,12-13H,8-11,17H2,1-3H3,(H,18,19). The lowest BCUT2D eigenvalue weighted by Gasteiger charge is -2.10. The molecule has 0 aliphatic carbocycles. The summed E-state index contributed by atoms with van der Waals surface area (Å²) in [6.07, 6.45) is 1.53. The summed E-state index contributed by atoms with van der Waals surface area (Å²) in [5.74, 6) is 1.06. The van der Waals surface area contributed by atoms with Crippen molar-refractivity contribution in [3.8, 4) is 0 Å². The van der Waals surface area contributed by atoms with Crippen molar-refractivity contribution in [1.29, 1.82) is 0 Å². The summed E-state index contributed by atoms with van der Waals surface area (Å²) in [6.45, 7) is 7.70. The van der Waals surface area contributed by atoms with Crippen LogP contribution in [-0.2, 0) is 17.6 Å². The maximum Gasteiger partial charge on any atom is 0.224 e. The normalized spacial score (nSPS) is 12.5. The van der Waals surface area contributed by atoms with Gasteiger partial charge in [-0.25, -0.2) is 0 Å². The zero-order valence-electron chi connectivity index (χ0n) is 12.3. The van der Waals surface area contributed by atoms with Gasteiger partial charge in [-0.1, -0.05) is 45.0 Å². The largest absolute Gasteiger partial charge is 0.356 e. The van der Waals surface area contributed by atoms with Crippen LogP contribution in [0.3, 0.4) is 0 Å². The quantitative estimate of drug-likeness (QED) is 0.791. The van der Waals surface area contributed by atoms with Gasteiger partial charge < -0.3 is 11.1 Å². The Morgan fingerprint density at radius 1 is 1.16 bits per heavy atom. The molecule has 1 amide bonds. The van der Waals surface area contributed by atoms with Gasteiger partial charge in [-0.15, -0.1) is 0 Å². The predicted octanol–water partition coefficient (Wildman–Crippen LogP) is 2.14. The maximum atomic E-state index is 11.7. The van der Waals surface area contributed by atoms with Gasteiger partial charge in [-0.2, -0.15) is 0 Å². The van der Waals surface area contributed by atoms with Crippen LogP contribution >= 0.6 is 0 Å². The average Bonchev–Trinajstić information content (AvgIpc) is 2.37. The molecule has 1 rings (SSSR count). The van der Waals surface area contributed by atoms with Crippen LogP contribution in [0.25, 0.3) is 0 Å². The number of benzene rings is 1. The van der Waals surface area contributed by atoms with Crippen LogP contribution < -0.4 is 11.1 Å². The Balaban J connectivity index is 2.42. The Kier molecular flexibility index (Phi) is 6.57. The number of nitrogens with one attached hydrogen (secondary N) is 1. The summed E-state index contributed by atoms with van der Waals surface area (Å²) in [5, 5.41) is 2.91. The summed E-state index contributed by atoms with van der Waals surface area (Å²) < 4.78 is 0. The van der Waals surface area contributed by atoms with Crippen molar-refractivity contribution >= 4 is 5.91 Å². The minimum atomic E-state index is 0.0666. The Morgan fingerprint density at radius 3 is 2.26 bits per heavy atom. The first kappa shape index (κ1) is 15.7. The van der Waals surface area contributed by atoms with Gasteiger partial charge in [0.1, 0.15) is 0 Å². The smallest absolute Gasteiger partial charge is 0.224 e. The van der Waals surface area contributed by atoms with Crippen LogP contribution in [0.1, 0.15) is 31.9 Å². The van der Waals surface area contributed by atoms with Crippen molar-refractivity contribution in [2.24, 2.45) is 17.6 Å². The van der Waals surface area contributed by atoms with Crippen molar-refractivity contribution in [2.75, 3.05) is 13.1 Å². The summed E-state index contributed by atoms with van der Waals surface area (Å²) in [7, 11) is 0. The van der Waals surface area contributed by atoms with Gasteiger partial charge in [0.15, 0.2) is 0 Å². The third-order valence-electron chi connectivity index (χ3n) is 3.08. The van der Waals surface area contributed by atoms with E-state index in [0.717, 1.165) is 12.0 Å². The third-order valence-corrected chi connectivity index (χ3v) is 3.08. The molecule has 1 unspecified atom stereocenters. The molecule has 0 heterocycles. The van der Waals surface area contributed by atoms with Gasteiger partial charge >= 0.3 is 0 Å². The second kappa shape index (κ2) is 7.95. The molecule has 106 valence electrons. The Bertz CT molecular complexity index is 384. The molecule has 1 atom stereocenters. The third kappa shape index (κ3) is 6.39. The molecule has 0 aliphatic heterocycles. The summed E-state index contributed by atoms with van der Waals surface area (Å²) in [6, 6.07) is 8.32. The molecular weight excluding hydrogens is 236 g/mol. The number of rotatable bonds is 7. The number of nitrogens with two attached hydrogens (primary N) is 1. The fourth-order valence-corrected chi connectivity index (χ4v) is 1.88. The second-order valence-corrected chi connectivity index (χ2v) is 5.74. The van der Waals surface area contributed by atoms with E-state index >= 15 is 0 Å². The fraction of sp³-hybridized carbons (Fsp3) is 0.562. The minimum Gasteiger partial charge on any atom is -0.356 e. The van der Waals surface area contributed by atoms with E-state index in [1.165, 1.54) is 5.56 Å². The van der Waals surface area contributed by atoms with Crippen LogP contribution in [0.4, 0.5) is 0 Å². The van der Waals surface area contributed by atoms with Gasteiger partial charge in [0.05, 0.1) is 6.42 Å². The van der Waals surface area contributed by atoms with Gasteiger partial charge in [-0.3, -0.25) is 4.79 Å². The maximum absolute atomic E-state index is 11.7. The van der Waals surface area contributed by atoms with E-state index in [1.54, 1.807) is 0 Å². The fourth-order valence-electron chi connectivity index (χ4n) is 1.88. The van der Waals surface area contributed by atoms with E-state index in [-0.39, 0.29) is 5.91 Å². The molecule has 19 heavy (non-hydrogen) atoms. The molecule has 1 aromatic rings. The number of hydrogen-bond acceptors (Lipinski definition) is 2. The van der Waals surface area contributed by atoms with Crippen LogP contribution in [0.15, 0.2) is 24.3 Å². The number of carbonyl (C=O) groups is 1. The highest BCUT2D eigenvalue weighted by Crippen LogP contribution is 2.10. The molecule has 0 saturated heterocycles. The van der Waals surface area contributed by atoms with Gasteiger partial charge in [0.2, 0.25) is 5.91 Å². The molecule has 0 aromatic heterocycles. The van der Waals surface area contributed by atoms with Crippen molar-refractivity contribution in [2.45, 2.75) is 33.6 Å². The summed E-state index contributed by atoms with van der Waals surface area (Å²) in [5.41, 5.74) is 7.91. The molecular formula is C16H26N2O. The van der Waals surface area contributed by atoms with Crippen molar-refractivity contribution < 1.29 is 4.79 Å². The molecule has 3 N–H and O–H groups in total. The van der Waals surface area contributed by atoms with Crippen LogP contribution in [0.2, 0.25) is 0 Å². The topological polar surface area (TPSA) is 55.1 Å². The molecule has 3 heteroatoms. The molecule has 1 aromatic carbocycles. The second-order valence-electron chi connectivity index (χ2n) is 5.74. The van der Waals surface area contributed by atoms with Crippen molar-refractivity contribution in [1.82, 2.24) is 5.32 Å². The predicted molar refractivity (Wildman–Crippen MR) is 79.9 cm³/mol. The highest BCUT2D eigenvalue weighted by Gasteiger charge is 2.06. The first-order valence-electron chi connectivity index (χ1n) is 7.05. The minimum absolute atomic E-state index is 0.0666. The zero-order chi connectivity index (χ0) is 14.3. The van der Waals surface area contributed by atoms with E-state index in [9.17, 15) is 4.79 Å². The molecule has 0 spiro atoms. The van der Waals surface area contributed by atoms with Crippen LogP contribution in [0.5, 0.6) is 0 Å². The molecule has 0 saturated carbocycles. The molecule has 3 nitrogen and oxygen atoms in total. The number of hydrogen-bond donors (Lipinski definition) is 2. The van der Waals surface area contributed by atoms with Crippen LogP contribution in [-0.4, -0.2) is 19.0 Å². The van der Waals surface area contributed by atoms with E-state index in [0.29, 0.717) is 31.3 Å². The average molecular weight is 262 g/mol. The molecule has 0 bridgehead atoms.